The fraction of sp³-hybridized carbons (Fsp3) is 0.231. The molecule has 1 heterocycles. The summed E-state index contributed by atoms with van der Waals surface area (Å²) < 4.78 is 15.6. The van der Waals surface area contributed by atoms with Crippen molar-refractivity contribution in [1.29, 1.82) is 0 Å². The van der Waals surface area contributed by atoms with E-state index < -0.39 is 17.1 Å². The Morgan fingerprint density at radius 3 is 2.68 bits per heavy atom. The number of aryl methyl sites for hydroxylation is 1. The van der Waals surface area contributed by atoms with Crippen molar-refractivity contribution in [2.75, 3.05) is 13.0 Å². The molecule has 0 aliphatic rings. The maximum atomic E-state index is 14.1. The Kier molecular flexibility index (Phi) is 4.65. The van der Waals surface area contributed by atoms with E-state index in [2.05, 4.69) is 5.48 Å². The van der Waals surface area contributed by atoms with E-state index in [-0.39, 0.29) is 22.9 Å². The molecule has 1 aromatic carbocycles. The number of nitrogens with two attached hydrogens (primary N) is 1. The fourth-order valence-corrected chi connectivity index (χ4v) is 2.14. The van der Waals surface area contributed by atoms with Crippen LogP contribution in [0.4, 0.5) is 4.39 Å². The Bertz CT molecular complexity index is 831. The highest BCUT2D eigenvalue weighted by Crippen LogP contribution is 2.22. The first kappa shape index (κ1) is 16.2. The Labute approximate surface area is 129 Å². The zero-order valence-corrected chi connectivity index (χ0v) is 12.6. The van der Waals surface area contributed by atoms with Gasteiger partial charge in [-0.15, -0.1) is 0 Å². The molecule has 0 atom stereocenters. The van der Waals surface area contributed by atoms with Crippen molar-refractivity contribution >= 4 is 11.6 Å². The van der Waals surface area contributed by atoms with Crippen molar-refractivity contribution in [2.45, 2.75) is 13.5 Å². The quantitative estimate of drug-likeness (QED) is 0.628. The summed E-state index contributed by atoms with van der Waals surface area (Å²) in [6.45, 7) is 1.67. The summed E-state index contributed by atoms with van der Waals surface area (Å²) >= 11 is 5.93. The summed E-state index contributed by atoms with van der Waals surface area (Å²) in [6.07, 6.45) is 0. The highest BCUT2D eigenvalue weighted by atomic mass is 35.5. The van der Waals surface area contributed by atoms with Crippen LogP contribution < -0.4 is 22.6 Å². The van der Waals surface area contributed by atoms with Crippen molar-refractivity contribution < 1.29 is 9.23 Å². The highest BCUT2D eigenvalue weighted by molar-refractivity contribution is 6.31. The van der Waals surface area contributed by atoms with E-state index in [1.165, 1.54) is 20.1 Å². The van der Waals surface area contributed by atoms with Gasteiger partial charge in [0.2, 0.25) is 0 Å². The van der Waals surface area contributed by atoms with Crippen LogP contribution >= 0.6 is 11.6 Å². The predicted molar refractivity (Wildman–Crippen MR) is 80.0 cm³/mol. The lowest BCUT2D eigenvalue weighted by atomic mass is 10.2. The van der Waals surface area contributed by atoms with Gasteiger partial charge in [-0.25, -0.2) is 18.4 Å². The summed E-state index contributed by atoms with van der Waals surface area (Å²) in [5, 5.41) is 0.138. The van der Waals surface area contributed by atoms with Gasteiger partial charge in [0.05, 0.1) is 12.8 Å². The van der Waals surface area contributed by atoms with Crippen LogP contribution in [0.25, 0.3) is 5.69 Å². The number of benzene rings is 1. The number of hydroxylamine groups is 1. The Hall–Kier alpha value is -2.16. The van der Waals surface area contributed by atoms with Gasteiger partial charge in [-0.1, -0.05) is 11.6 Å². The van der Waals surface area contributed by atoms with Crippen LogP contribution in [0.5, 0.6) is 0 Å². The third kappa shape index (κ3) is 2.89. The van der Waals surface area contributed by atoms with Crippen molar-refractivity contribution in [1.82, 2.24) is 14.7 Å². The smallest absolute Gasteiger partial charge is 0.335 e. The van der Waals surface area contributed by atoms with E-state index in [4.69, 9.17) is 22.3 Å². The molecule has 7 nitrogen and oxygen atoms in total. The van der Waals surface area contributed by atoms with E-state index in [9.17, 15) is 14.0 Å². The molecule has 22 heavy (non-hydrogen) atoms. The van der Waals surface area contributed by atoms with E-state index in [0.717, 1.165) is 16.8 Å². The molecular formula is C13H14ClFN4O3. The number of hydrogen-bond donors (Lipinski definition) is 2. The van der Waals surface area contributed by atoms with E-state index in [1.807, 2.05) is 0 Å². The molecule has 1 aromatic heterocycles. The molecule has 118 valence electrons. The Morgan fingerprint density at radius 2 is 2.05 bits per heavy atom. The van der Waals surface area contributed by atoms with Gasteiger partial charge in [0.25, 0.3) is 5.56 Å². The van der Waals surface area contributed by atoms with Crippen molar-refractivity contribution in [3.63, 3.8) is 0 Å². The number of hydrogen-bond acceptors (Lipinski definition) is 5. The highest BCUT2D eigenvalue weighted by Gasteiger charge is 2.15. The predicted octanol–water partition coefficient (Wildman–Crippen LogP) is 0.465. The van der Waals surface area contributed by atoms with Crippen molar-refractivity contribution in [3.8, 4) is 5.69 Å². The van der Waals surface area contributed by atoms with Gasteiger partial charge in [-0.3, -0.25) is 4.79 Å². The molecule has 2 rings (SSSR count). The summed E-state index contributed by atoms with van der Waals surface area (Å²) in [5.74, 6) is 4.74. The molecule has 0 fully saturated rings. The molecule has 0 radical (unpaired) electrons. The third-order valence-corrected chi connectivity index (χ3v) is 3.45. The summed E-state index contributed by atoms with van der Waals surface area (Å²) in [4.78, 5) is 28.9. The second-order valence-electron chi connectivity index (χ2n) is 4.53. The van der Waals surface area contributed by atoms with Gasteiger partial charge in [0, 0.05) is 23.3 Å². The van der Waals surface area contributed by atoms with Crippen LogP contribution in [-0.4, -0.2) is 16.4 Å². The van der Waals surface area contributed by atoms with Gasteiger partial charge in [0.15, 0.2) is 0 Å². The standard InChI is InChI=1S/C13H14ClFN4O3/c1-7-3-12(20)18(13(21)19(7)16)11-4-8(6-17-22-2)9(14)5-10(11)15/h3-5,17H,6,16H2,1-2H3. The average molecular weight is 329 g/mol. The lowest BCUT2D eigenvalue weighted by molar-refractivity contribution is 0.0867. The maximum absolute atomic E-state index is 14.1. The van der Waals surface area contributed by atoms with Gasteiger partial charge in [-0.05, 0) is 24.6 Å². The monoisotopic (exact) mass is 328 g/mol. The maximum Gasteiger partial charge on any atom is 0.354 e. The minimum atomic E-state index is -0.850. The minimum absolute atomic E-state index is 0.138. The molecule has 3 N–H and O–H groups in total. The molecule has 0 aliphatic carbocycles. The van der Waals surface area contributed by atoms with Crippen LogP contribution in [0.2, 0.25) is 5.02 Å². The molecule has 2 aromatic rings. The molecule has 0 bridgehead atoms. The van der Waals surface area contributed by atoms with Gasteiger partial charge in [-0.2, -0.15) is 5.48 Å². The Morgan fingerprint density at radius 1 is 1.36 bits per heavy atom. The number of nitrogens with zero attached hydrogens (tertiary/aromatic N) is 2. The van der Waals surface area contributed by atoms with Crippen molar-refractivity contribution in [2.24, 2.45) is 0 Å². The molecule has 0 saturated carbocycles. The molecule has 9 heteroatoms. The molecular weight excluding hydrogens is 315 g/mol. The lowest BCUT2D eigenvalue weighted by Crippen LogP contribution is -2.43. The second-order valence-corrected chi connectivity index (χ2v) is 4.94. The first-order valence-electron chi connectivity index (χ1n) is 6.21. The van der Waals surface area contributed by atoms with Crippen LogP contribution in [0.3, 0.4) is 0 Å². The van der Waals surface area contributed by atoms with Crippen LogP contribution in [0.15, 0.2) is 27.8 Å². The topological polar surface area (TPSA) is 91.3 Å². The van der Waals surface area contributed by atoms with E-state index in [1.54, 1.807) is 0 Å². The average Bonchev–Trinajstić information content (AvgIpc) is 2.46. The molecule has 0 saturated heterocycles. The number of nitrogen functional groups attached to an aromatic ring is 1. The molecule has 0 aliphatic heterocycles. The molecule has 0 amide bonds. The minimum Gasteiger partial charge on any atom is -0.335 e. The Balaban J connectivity index is 2.71. The summed E-state index contributed by atoms with van der Waals surface area (Å²) in [7, 11) is 1.41. The lowest BCUT2D eigenvalue weighted by Gasteiger charge is -2.12. The molecule has 0 spiro atoms. The largest absolute Gasteiger partial charge is 0.354 e. The number of rotatable bonds is 4. The van der Waals surface area contributed by atoms with Gasteiger partial charge in [0.1, 0.15) is 5.82 Å². The SMILES string of the molecule is CONCc1cc(-n2c(=O)cc(C)n(N)c2=O)c(F)cc1Cl. The van der Waals surface area contributed by atoms with Crippen LogP contribution in [0, 0.1) is 12.7 Å². The van der Waals surface area contributed by atoms with E-state index >= 15 is 0 Å². The molecule has 0 unspecified atom stereocenters. The normalized spacial score (nSPS) is 10.9. The fourth-order valence-electron chi connectivity index (χ4n) is 1.92. The first-order valence-corrected chi connectivity index (χ1v) is 6.59. The zero-order chi connectivity index (χ0) is 16.4. The number of aromatic nitrogens is 2. The van der Waals surface area contributed by atoms with Crippen LogP contribution in [-0.2, 0) is 11.4 Å². The van der Waals surface area contributed by atoms with Crippen molar-refractivity contribution in [3.05, 3.63) is 61.1 Å². The van der Waals surface area contributed by atoms with Gasteiger partial charge >= 0.3 is 5.69 Å². The number of halogens is 2. The summed E-state index contributed by atoms with van der Waals surface area (Å²) in [5.41, 5.74) is 1.51. The second kappa shape index (κ2) is 6.30. The summed E-state index contributed by atoms with van der Waals surface area (Å²) in [6, 6.07) is 3.46. The van der Waals surface area contributed by atoms with Gasteiger partial charge < -0.3 is 10.7 Å². The van der Waals surface area contributed by atoms with E-state index in [0.29, 0.717) is 10.1 Å². The third-order valence-electron chi connectivity index (χ3n) is 3.09. The number of nitrogens with one attached hydrogen (secondary N) is 1. The van der Waals surface area contributed by atoms with Crippen LogP contribution in [0.1, 0.15) is 11.3 Å². The first-order chi connectivity index (χ1) is 10.4. The zero-order valence-electron chi connectivity index (χ0n) is 11.9.